The van der Waals surface area contributed by atoms with Gasteiger partial charge >= 0.3 is 0 Å². The van der Waals surface area contributed by atoms with Crippen LogP contribution < -0.4 is 10.6 Å². The van der Waals surface area contributed by atoms with Crippen molar-refractivity contribution in [3.8, 4) is 0 Å². The fourth-order valence-electron chi connectivity index (χ4n) is 2.36. The molecule has 2 N–H and O–H groups in total. The van der Waals surface area contributed by atoms with Gasteiger partial charge in [-0.15, -0.1) is 0 Å². The molecule has 0 aromatic heterocycles. The molecule has 2 rings (SSSR count). The van der Waals surface area contributed by atoms with Crippen LogP contribution >= 0.6 is 0 Å². The van der Waals surface area contributed by atoms with Crippen LogP contribution in [-0.4, -0.2) is 19.5 Å². The molecule has 1 amide bonds. The first kappa shape index (κ1) is 15.1. The van der Waals surface area contributed by atoms with Gasteiger partial charge in [-0.3, -0.25) is 4.79 Å². The van der Waals surface area contributed by atoms with Crippen LogP contribution in [0.1, 0.15) is 27.0 Å². The van der Waals surface area contributed by atoms with Crippen molar-refractivity contribution in [1.29, 1.82) is 0 Å². The van der Waals surface area contributed by atoms with Gasteiger partial charge in [-0.1, -0.05) is 35.9 Å². The number of aryl methyl sites for hydroxylation is 2. The molecule has 21 heavy (non-hydrogen) atoms. The molecule has 0 unspecified atom stereocenters. The van der Waals surface area contributed by atoms with Crippen molar-refractivity contribution >= 4 is 11.6 Å². The standard InChI is InChI=1S/C18H22N2O/c1-13-8-9-17(19-3)16(12-13)18(21)20-11-10-15-7-5-4-6-14(15)2/h4-9,12,19H,10-11H2,1-3H3,(H,20,21). The summed E-state index contributed by atoms with van der Waals surface area (Å²) in [6.07, 6.45) is 0.846. The van der Waals surface area contributed by atoms with E-state index >= 15 is 0 Å². The quantitative estimate of drug-likeness (QED) is 0.883. The van der Waals surface area contributed by atoms with E-state index in [4.69, 9.17) is 0 Å². The second-order valence-electron chi connectivity index (χ2n) is 5.23. The molecule has 0 aliphatic carbocycles. The molecule has 0 aliphatic heterocycles. The summed E-state index contributed by atoms with van der Waals surface area (Å²) in [5, 5.41) is 6.06. The molecule has 110 valence electrons. The van der Waals surface area contributed by atoms with Gasteiger partial charge < -0.3 is 10.6 Å². The van der Waals surface area contributed by atoms with Crippen molar-refractivity contribution in [2.75, 3.05) is 18.9 Å². The predicted molar refractivity (Wildman–Crippen MR) is 87.9 cm³/mol. The highest BCUT2D eigenvalue weighted by atomic mass is 16.1. The van der Waals surface area contributed by atoms with Gasteiger partial charge in [0.25, 0.3) is 5.91 Å². The topological polar surface area (TPSA) is 41.1 Å². The van der Waals surface area contributed by atoms with Crippen LogP contribution in [0.5, 0.6) is 0 Å². The lowest BCUT2D eigenvalue weighted by Gasteiger charge is -2.11. The SMILES string of the molecule is CNc1ccc(C)cc1C(=O)NCCc1ccccc1C. The van der Waals surface area contributed by atoms with Gasteiger partial charge in [0, 0.05) is 19.3 Å². The van der Waals surface area contributed by atoms with E-state index in [1.54, 1.807) is 0 Å². The van der Waals surface area contributed by atoms with Gasteiger partial charge in [0.1, 0.15) is 0 Å². The lowest BCUT2D eigenvalue weighted by Crippen LogP contribution is -2.26. The molecule has 0 heterocycles. The second-order valence-corrected chi connectivity index (χ2v) is 5.23. The highest BCUT2D eigenvalue weighted by Gasteiger charge is 2.10. The van der Waals surface area contributed by atoms with E-state index in [9.17, 15) is 4.79 Å². The Labute approximate surface area is 126 Å². The van der Waals surface area contributed by atoms with E-state index in [2.05, 4.69) is 29.7 Å². The second kappa shape index (κ2) is 6.93. The van der Waals surface area contributed by atoms with E-state index < -0.39 is 0 Å². The third kappa shape index (κ3) is 3.85. The predicted octanol–water partition coefficient (Wildman–Crippen LogP) is 3.32. The summed E-state index contributed by atoms with van der Waals surface area (Å²) < 4.78 is 0. The van der Waals surface area contributed by atoms with Crippen LogP contribution in [0.2, 0.25) is 0 Å². The maximum absolute atomic E-state index is 12.3. The van der Waals surface area contributed by atoms with E-state index in [-0.39, 0.29) is 5.91 Å². The maximum atomic E-state index is 12.3. The molecule has 3 heteroatoms. The van der Waals surface area contributed by atoms with E-state index in [1.165, 1.54) is 11.1 Å². The van der Waals surface area contributed by atoms with Gasteiger partial charge in [-0.25, -0.2) is 0 Å². The number of benzene rings is 2. The van der Waals surface area contributed by atoms with Crippen LogP contribution in [-0.2, 0) is 6.42 Å². The number of amides is 1. The van der Waals surface area contributed by atoms with Crippen LogP contribution in [0, 0.1) is 13.8 Å². The van der Waals surface area contributed by atoms with Crippen molar-refractivity contribution in [2.45, 2.75) is 20.3 Å². The normalized spacial score (nSPS) is 10.2. The minimum atomic E-state index is -0.0309. The molecule has 0 bridgehead atoms. The Hall–Kier alpha value is -2.29. The van der Waals surface area contributed by atoms with Gasteiger partial charge in [0.15, 0.2) is 0 Å². The summed E-state index contributed by atoms with van der Waals surface area (Å²) >= 11 is 0. The van der Waals surface area contributed by atoms with Crippen molar-refractivity contribution in [2.24, 2.45) is 0 Å². The van der Waals surface area contributed by atoms with Gasteiger partial charge in [0.05, 0.1) is 5.56 Å². The Morgan fingerprint density at radius 2 is 1.86 bits per heavy atom. The van der Waals surface area contributed by atoms with Crippen LogP contribution in [0.3, 0.4) is 0 Å². The minimum absolute atomic E-state index is 0.0309. The van der Waals surface area contributed by atoms with Gasteiger partial charge in [-0.2, -0.15) is 0 Å². The number of rotatable bonds is 5. The third-order valence-corrected chi connectivity index (χ3v) is 3.63. The summed E-state index contributed by atoms with van der Waals surface area (Å²) in [5.41, 5.74) is 5.17. The van der Waals surface area contributed by atoms with E-state index in [0.717, 1.165) is 17.7 Å². The van der Waals surface area contributed by atoms with Crippen LogP contribution in [0.4, 0.5) is 5.69 Å². The maximum Gasteiger partial charge on any atom is 0.253 e. The third-order valence-electron chi connectivity index (χ3n) is 3.63. The Morgan fingerprint density at radius 3 is 2.57 bits per heavy atom. The first-order valence-corrected chi connectivity index (χ1v) is 7.23. The Kier molecular flexibility index (Phi) is 4.99. The summed E-state index contributed by atoms with van der Waals surface area (Å²) in [6, 6.07) is 14.1. The molecule has 2 aromatic rings. The zero-order valence-electron chi connectivity index (χ0n) is 12.9. The smallest absolute Gasteiger partial charge is 0.253 e. The van der Waals surface area contributed by atoms with E-state index in [0.29, 0.717) is 12.1 Å². The van der Waals surface area contributed by atoms with Crippen molar-refractivity contribution < 1.29 is 4.79 Å². The van der Waals surface area contributed by atoms with Crippen LogP contribution in [0.15, 0.2) is 42.5 Å². The van der Waals surface area contributed by atoms with Gasteiger partial charge in [0.2, 0.25) is 0 Å². The number of nitrogens with one attached hydrogen (secondary N) is 2. The molecule has 0 saturated heterocycles. The lowest BCUT2D eigenvalue weighted by molar-refractivity contribution is 0.0955. The van der Waals surface area contributed by atoms with Crippen molar-refractivity contribution in [1.82, 2.24) is 5.32 Å². The summed E-state index contributed by atoms with van der Waals surface area (Å²) in [6.45, 7) is 4.72. The Bertz CT molecular complexity index is 635. The largest absolute Gasteiger partial charge is 0.387 e. The molecule has 3 nitrogen and oxygen atoms in total. The summed E-state index contributed by atoms with van der Waals surface area (Å²) in [4.78, 5) is 12.3. The van der Waals surface area contributed by atoms with Crippen LogP contribution in [0.25, 0.3) is 0 Å². The fraction of sp³-hybridized carbons (Fsp3) is 0.278. The first-order chi connectivity index (χ1) is 10.1. The first-order valence-electron chi connectivity index (χ1n) is 7.23. The van der Waals surface area contributed by atoms with Crippen molar-refractivity contribution in [3.63, 3.8) is 0 Å². The number of carbonyl (C=O) groups excluding carboxylic acids is 1. The lowest BCUT2D eigenvalue weighted by atomic mass is 10.1. The molecule has 0 saturated carbocycles. The Balaban J connectivity index is 1.99. The highest BCUT2D eigenvalue weighted by Crippen LogP contribution is 2.16. The molecule has 0 aliphatic rings. The number of hydrogen-bond acceptors (Lipinski definition) is 2. The molecule has 0 atom stereocenters. The summed E-state index contributed by atoms with van der Waals surface area (Å²) in [5.74, 6) is -0.0309. The molecular formula is C18H22N2O. The molecule has 2 aromatic carbocycles. The zero-order chi connectivity index (χ0) is 15.2. The Morgan fingerprint density at radius 1 is 1.10 bits per heavy atom. The molecule has 0 fully saturated rings. The average molecular weight is 282 g/mol. The summed E-state index contributed by atoms with van der Waals surface area (Å²) in [7, 11) is 1.83. The minimum Gasteiger partial charge on any atom is -0.387 e. The number of carbonyl (C=O) groups is 1. The van der Waals surface area contributed by atoms with E-state index in [1.807, 2.05) is 44.3 Å². The number of hydrogen-bond donors (Lipinski definition) is 2. The highest BCUT2D eigenvalue weighted by molar-refractivity contribution is 5.99. The average Bonchev–Trinajstić information content (AvgIpc) is 2.49. The molecule has 0 radical (unpaired) electrons. The monoisotopic (exact) mass is 282 g/mol. The molecule has 0 spiro atoms. The van der Waals surface area contributed by atoms with Gasteiger partial charge in [-0.05, 0) is 43.5 Å². The number of anilines is 1. The fourth-order valence-corrected chi connectivity index (χ4v) is 2.36. The van der Waals surface area contributed by atoms with Crippen molar-refractivity contribution in [3.05, 3.63) is 64.7 Å². The molecular weight excluding hydrogens is 260 g/mol. The zero-order valence-corrected chi connectivity index (χ0v) is 12.9.